The second-order valence-electron chi connectivity index (χ2n) is 6.61. The first-order valence-corrected chi connectivity index (χ1v) is 9.16. The maximum absolute atomic E-state index is 12.5. The fraction of sp³-hybridized carbons (Fsp3) is 0.350. The van der Waals surface area contributed by atoms with Gasteiger partial charge in [0.05, 0.1) is 11.5 Å². The Balaban J connectivity index is 1.50. The minimum Gasteiger partial charge on any atom is -0.380 e. The van der Waals surface area contributed by atoms with Crippen molar-refractivity contribution in [1.82, 2.24) is 10.2 Å². The average molecular weight is 384 g/mol. The van der Waals surface area contributed by atoms with Crippen LogP contribution in [0.5, 0.6) is 0 Å². The number of carbonyl (C=O) groups excluding carboxylic acids is 1. The van der Waals surface area contributed by atoms with Gasteiger partial charge in [-0.25, -0.2) is 4.79 Å². The van der Waals surface area contributed by atoms with E-state index in [-0.39, 0.29) is 11.7 Å². The van der Waals surface area contributed by atoms with E-state index in [1.807, 2.05) is 24.3 Å². The summed E-state index contributed by atoms with van der Waals surface area (Å²) in [6.45, 7) is 3.54. The lowest BCUT2D eigenvalue weighted by Gasteiger charge is -2.36. The van der Waals surface area contributed by atoms with Gasteiger partial charge < -0.3 is 19.9 Å². The highest BCUT2D eigenvalue weighted by atomic mass is 16.6. The number of rotatable bonds is 6. The number of urea groups is 1. The van der Waals surface area contributed by atoms with Crippen molar-refractivity contribution in [2.75, 3.05) is 38.2 Å². The van der Waals surface area contributed by atoms with Gasteiger partial charge in [0.15, 0.2) is 0 Å². The lowest BCUT2D eigenvalue weighted by Crippen LogP contribution is -2.51. The monoisotopic (exact) mass is 384 g/mol. The van der Waals surface area contributed by atoms with Crippen LogP contribution in [0.15, 0.2) is 48.5 Å². The Morgan fingerprint density at radius 1 is 1.07 bits per heavy atom. The summed E-state index contributed by atoms with van der Waals surface area (Å²) in [5.74, 6) is 0. The second kappa shape index (κ2) is 9.18. The number of amides is 2. The van der Waals surface area contributed by atoms with Crippen molar-refractivity contribution in [1.29, 1.82) is 0 Å². The number of piperazine rings is 1. The Hall–Kier alpha value is -3.13. The second-order valence-corrected chi connectivity index (χ2v) is 6.61. The first-order chi connectivity index (χ1) is 13.6. The molecular formula is C20H24N4O4. The third-order valence-corrected chi connectivity index (χ3v) is 4.84. The molecule has 0 saturated carbocycles. The Morgan fingerprint density at radius 2 is 1.71 bits per heavy atom. The number of ether oxygens (including phenoxy) is 1. The van der Waals surface area contributed by atoms with Gasteiger partial charge in [-0.1, -0.05) is 24.3 Å². The predicted octanol–water partition coefficient (Wildman–Crippen LogP) is 2.77. The van der Waals surface area contributed by atoms with E-state index in [1.165, 1.54) is 12.1 Å². The predicted molar refractivity (Wildman–Crippen MR) is 106 cm³/mol. The zero-order valence-electron chi connectivity index (χ0n) is 15.8. The number of nitro benzene ring substituents is 1. The summed E-state index contributed by atoms with van der Waals surface area (Å²) in [5, 5.41) is 13.7. The first-order valence-electron chi connectivity index (χ1n) is 9.16. The van der Waals surface area contributed by atoms with Crippen LogP contribution in [0.25, 0.3) is 0 Å². The summed E-state index contributed by atoms with van der Waals surface area (Å²) in [6, 6.07) is 14.3. The van der Waals surface area contributed by atoms with Gasteiger partial charge in [0, 0.05) is 57.7 Å². The molecule has 1 heterocycles. The molecule has 1 fully saturated rings. The molecule has 0 atom stereocenters. The molecule has 28 heavy (non-hydrogen) atoms. The van der Waals surface area contributed by atoms with Crippen LogP contribution in [-0.4, -0.2) is 49.1 Å². The minimum atomic E-state index is -0.406. The Kier molecular flexibility index (Phi) is 6.44. The smallest absolute Gasteiger partial charge is 0.317 e. The van der Waals surface area contributed by atoms with Crippen molar-refractivity contribution < 1.29 is 14.5 Å². The van der Waals surface area contributed by atoms with Crippen molar-refractivity contribution in [3.05, 3.63) is 69.8 Å². The van der Waals surface area contributed by atoms with Crippen molar-refractivity contribution in [3.63, 3.8) is 0 Å². The third kappa shape index (κ3) is 4.77. The molecule has 1 N–H and O–H groups in total. The molecule has 1 aliphatic rings. The van der Waals surface area contributed by atoms with Gasteiger partial charge in [0.1, 0.15) is 0 Å². The van der Waals surface area contributed by atoms with Crippen LogP contribution in [0.2, 0.25) is 0 Å². The molecule has 2 amide bonds. The summed E-state index contributed by atoms with van der Waals surface area (Å²) in [6.07, 6.45) is 0. The molecule has 2 aromatic carbocycles. The van der Waals surface area contributed by atoms with E-state index in [4.69, 9.17) is 4.74 Å². The van der Waals surface area contributed by atoms with E-state index >= 15 is 0 Å². The third-order valence-electron chi connectivity index (χ3n) is 4.84. The van der Waals surface area contributed by atoms with Crippen LogP contribution in [0.4, 0.5) is 16.2 Å². The van der Waals surface area contributed by atoms with Gasteiger partial charge in [0.25, 0.3) is 5.69 Å². The van der Waals surface area contributed by atoms with Crippen molar-refractivity contribution in [3.8, 4) is 0 Å². The van der Waals surface area contributed by atoms with Gasteiger partial charge in [-0.05, 0) is 23.3 Å². The van der Waals surface area contributed by atoms with Crippen molar-refractivity contribution >= 4 is 17.4 Å². The number of nitrogens with zero attached hydrogens (tertiary/aromatic N) is 3. The molecule has 2 aromatic rings. The zero-order valence-corrected chi connectivity index (χ0v) is 15.8. The molecule has 0 spiro atoms. The van der Waals surface area contributed by atoms with Crippen LogP contribution in [0, 0.1) is 10.1 Å². The molecule has 1 saturated heterocycles. The fourth-order valence-electron chi connectivity index (χ4n) is 3.26. The van der Waals surface area contributed by atoms with E-state index in [9.17, 15) is 14.9 Å². The van der Waals surface area contributed by atoms with E-state index in [1.54, 1.807) is 24.1 Å². The lowest BCUT2D eigenvalue weighted by molar-refractivity contribution is -0.384. The number of carbonyl (C=O) groups is 1. The summed E-state index contributed by atoms with van der Waals surface area (Å²) in [5.41, 5.74) is 3.12. The number of hydrogen-bond acceptors (Lipinski definition) is 5. The number of methoxy groups -OCH3 is 1. The number of non-ortho nitro benzene ring substituents is 1. The van der Waals surface area contributed by atoms with Crippen molar-refractivity contribution in [2.45, 2.75) is 13.2 Å². The Morgan fingerprint density at radius 3 is 2.32 bits per heavy atom. The summed E-state index contributed by atoms with van der Waals surface area (Å²) >= 11 is 0. The Labute approximate surface area is 163 Å². The summed E-state index contributed by atoms with van der Waals surface area (Å²) in [7, 11) is 1.65. The molecule has 1 aliphatic heterocycles. The molecule has 8 nitrogen and oxygen atoms in total. The highest BCUT2D eigenvalue weighted by Gasteiger charge is 2.21. The van der Waals surface area contributed by atoms with E-state index in [0.29, 0.717) is 39.3 Å². The highest BCUT2D eigenvalue weighted by Crippen LogP contribution is 2.20. The largest absolute Gasteiger partial charge is 0.380 e. The summed E-state index contributed by atoms with van der Waals surface area (Å²) in [4.78, 5) is 26.8. The van der Waals surface area contributed by atoms with Gasteiger partial charge >= 0.3 is 6.03 Å². The van der Waals surface area contributed by atoms with Crippen LogP contribution in [0.1, 0.15) is 11.1 Å². The maximum atomic E-state index is 12.5. The number of nitro groups is 1. The maximum Gasteiger partial charge on any atom is 0.317 e. The van der Waals surface area contributed by atoms with Crippen LogP contribution in [-0.2, 0) is 17.9 Å². The molecule has 0 aliphatic carbocycles. The topological polar surface area (TPSA) is 88.0 Å². The van der Waals surface area contributed by atoms with Crippen molar-refractivity contribution in [2.24, 2.45) is 0 Å². The fourth-order valence-corrected chi connectivity index (χ4v) is 3.26. The summed E-state index contributed by atoms with van der Waals surface area (Å²) < 4.78 is 5.20. The average Bonchev–Trinajstić information content (AvgIpc) is 2.73. The van der Waals surface area contributed by atoms with Gasteiger partial charge in [-0.2, -0.15) is 0 Å². The number of anilines is 1. The van der Waals surface area contributed by atoms with E-state index < -0.39 is 4.92 Å². The Bertz CT molecular complexity index is 817. The molecular weight excluding hydrogens is 360 g/mol. The van der Waals surface area contributed by atoms with Crippen LogP contribution in [0.3, 0.4) is 0 Å². The molecule has 148 valence electrons. The van der Waals surface area contributed by atoms with Crippen LogP contribution >= 0.6 is 0 Å². The number of hydrogen-bond donors (Lipinski definition) is 1. The standard InChI is InChI=1S/C20H24N4O4/c1-28-15-17-5-3-2-4-16(17)14-21-20(25)23-12-10-22(11-13-23)18-6-8-19(9-7-18)24(26)27/h2-9H,10-15H2,1H3,(H,21,25). The molecule has 3 rings (SSSR count). The zero-order chi connectivity index (χ0) is 19.9. The van der Waals surface area contributed by atoms with Gasteiger partial charge in [0.2, 0.25) is 0 Å². The highest BCUT2D eigenvalue weighted by molar-refractivity contribution is 5.74. The van der Waals surface area contributed by atoms with Gasteiger partial charge in [-0.15, -0.1) is 0 Å². The van der Waals surface area contributed by atoms with Crippen LogP contribution < -0.4 is 10.2 Å². The quantitative estimate of drug-likeness (QED) is 0.611. The number of nitrogens with one attached hydrogen (secondary N) is 1. The lowest BCUT2D eigenvalue weighted by atomic mass is 10.1. The SMILES string of the molecule is COCc1ccccc1CNC(=O)N1CCN(c2ccc([N+](=O)[O-])cc2)CC1. The van der Waals surface area contributed by atoms with E-state index in [0.717, 1.165) is 16.8 Å². The normalized spacial score (nSPS) is 14.0. The molecule has 0 radical (unpaired) electrons. The molecule has 0 bridgehead atoms. The first kappa shape index (κ1) is 19.6. The minimum absolute atomic E-state index is 0.0792. The van der Waals surface area contributed by atoms with Gasteiger partial charge in [-0.3, -0.25) is 10.1 Å². The molecule has 8 heteroatoms. The number of benzene rings is 2. The molecule has 0 unspecified atom stereocenters. The van der Waals surface area contributed by atoms with E-state index in [2.05, 4.69) is 10.2 Å². The molecule has 0 aromatic heterocycles.